The minimum atomic E-state index is -0.444. The van der Waals surface area contributed by atoms with Gasteiger partial charge in [-0.2, -0.15) is 4.58 Å². The number of benzene rings is 2. The van der Waals surface area contributed by atoms with Gasteiger partial charge in [0.2, 0.25) is 5.69 Å². The molecule has 2 heterocycles. The number of rotatable bonds is 10. The van der Waals surface area contributed by atoms with E-state index >= 15 is 0 Å². The monoisotopic (exact) mass is 596 g/mol. The fourth-order valence-electron chi connectivity index (χ4n) is 7.02. The molecule has 0 unspecified atom stereocenters. The zero-order valence-corrected chi connectivity index (χ0v) is 28.1. The molecule has 6 nitrogen and oxygen atoms in total. The Kier molecular flexibility index (Phi) is 8.34. The lowest BCUT2D eigenvalue weighted by atomic mass is 9.77. The number of nitrogens with zero attached hydrogens (tertiary/aromatic N) is 2. The van der Waals surface area contributed by atoms with Crippen molar-refractivity contribution in [3.05, 3.63) is 82.3 Å². The lowest BCUT2D eigenvalue weighted by Crippen LogP contribution is -2.35. The van der Waals surface area contributed by atoms with Crippen molar-refractivity contribution in [2.75, 3.05) is 32.2 Å². The third-order valence-corrected chi connectivity index (χ3v) is 9.54. The van der Waals surface area contributed by atoms with Gasteiger partial charge in [0.05, 0.1) is 25.2 Å². The molecular formula is C38H48N2O4. The van der Waals surface area contributed by atoms with Gasteiger partial charge in [0.1, 0.15) is 18.0 Å². The van der Waals surface area contributed by atoms with Crippen molar-refractivity contribution in [2.24, 2.45) is 11.8 Å². The molecule has 0 atom stereocenters. The van der Waals surface area contributed by atoms with Gasteiger partial charge in [-0.25, -0.2) is 0 Å². The van der Waals surface area contributed by atoms with Crippen LogP contribution in [0.1, 0.15) is 79.4 Å². The first kappa shape index (κ1) is 31.6. The standard InChI is InChI=1S/C38H48N2O4/c1-23(2)17-19-39-27-13-11-15-29(43-9)33(27)37(5,6)31(39)21-25-35(41)26(36(25)42)22-32-38(7,8)34-28(14-12-16-30(34)44-10)40(32)20-18-24(3)4/h11-16,21-24H,17-20H2,1-10H3. The predicted molar refractivity (Wildman–Crippen MR) is 176 cm³/mol. The summed E-state index contributed by atoms with van der Waals surface area (Å²) in [7, 11) is 3.38. The van der Waals surface area contributed by atoms with Gasteiger partial charge in [0.25, 0.3) is 0 Å². The van der Waals surface area contributed by atoms with Crippen LogP contribution in [-0.4, -0.2) is 43.4 Å². The van der Waals surface area contributed by atoms with E-state index in [1.165, 1.54) is 0 Å². The van der Waals surface area contributed by atoms with Gasteiger partial charge in [0.15, 0.2) is 11.5 Å². The van der Waals surface area contributed by atoms with Gasteiger partial charge in [-0.1, -0.05) is 59.4 Å². The minimum Gasteiger partial charge on any atom is -0.871 e. The van der Waals surface area contributed by atoms with Crippen molar-refractivity contribution < 1.29 is 24.0 Å². The van der Waals surface area contributed by atoms with Crippen molar-refractivity contribution >= 4 is 22.9 Å². The molecule has 0 bridgehead atoms. The molecule has 0 radical (unpaired) electrons. The highest BCUT2D eigenvalue weighted by molar-refractivity contribution is 6.24. The van der Waals surface area contributed by atoms with Crippen LogP contribution >= 0.6 is 0 Å². The van der Waals surface area contributed by atoms with Crippen LogP contribution in [0.15, 0.2) is 71.2 Å². The summed E-state index contributed by atoms with van der Waals surface area (Å²) in [5.41, 5.74) is 5.85. The molecule has 0 saturated heterocycles. The van der Waals surface area contributed by atoms with E-state index in [1.54, 1.807) is 14.2 Å². The molecule has 0 amide bonds. The molecule has 0 aromatic heterocycles. The molecule has 5 rings (SSSR count). The Balaban J connectivity index is 1.61. The Morgan fingerprint density at radius 3 is 2.07 bits per heavy atom. The molecule has 44 heavy (non-hydrogen) atoms. The maximum atomic E-state index is 13.8. The largest absolute Gasteiger partial charge is 0.871 e. The zero-order valence-electron chi connectivity index (χ0n) is 28.1. The number of ether oxygens (including phenoxy) is 2. The molecule has 0 N–H and O–H groups in total. The Morgan fingerprint density at radius 1 is 0.864 bits per heavy atom. The molecule has 2 aromatic carbocycles. The molecule has 234 valence electrons. The number of hydrogen-bond acceptors (Lipinski definition) is 5. The topological polar surface area (TPSA) is 64.8 Å². The van der Waals surface area contributed by atoms with Crippen molar-refractivity contribution in [2.45, 2.75) is 79.1 Å². The summed E-state index contributed by atoms with van der Waals surface area (Å²) in [6, 6.07) is 12.2. The van der Waals surface area contributed by atoms with Crippen molar-refractivity contribution in [1.82, 2.24) is 0 Å². The Morgan fingerprint density at radius 2 is 1.48 bits per heavy atom. The molecule has 2 aromatic rings. The number of allylic oxidation sites excluding steroid dienone is 5. The normalized spacial score (nSPS) is 20.3. The van der Waals surface area contributed by atoms with Crippen LogP contribution in [0, 0.1) is 11.8 Å². The van der Waals surface area contributed by atoms with Gasteiger partial charge in [0, 0.05) is 58.6 Å². The maximum absolute atomic E-state index is 13.8. The van der Waals surface area contributed by atoms with Gasteiger partial charge >= 0.3 is 0 Å². The second-order valence-corrected chi connectivity index (χ2v) is 14.2. The third kappa shape index (κ3) is 5.06. The van der Waals surface area contributed by atoms with Crippen LogP contribution in [0.5, 0.6) is 11.5 Å². The van der Waals surface area contributed by atoms with Gasteiger partial charge < -0.3 is 19.5 Å². The van der Waals surface area contributed by atoms with Crippen molar-refractivity contribution in [1.29, 1.82) is 0 Å². The van der Waals surface area contributed by atoms with Crippen LogP contribution in [-0.2, 0) is 15.6 Å². The van der Waals surface area contributed by atoms with E-state index in [4.69, 9.17) is 9.47 Å². The molecule has 0 fully saturated rings. The number of carbonyl (C=O) groups is 1. The highest BCUT2D eigenvalue weighted by atomic mass is 16.5. The highest BCUT2D eigenvalue weighted by Gasteiger charge is 2.48. The Hall–Kier alpha value is -3.80. The second kappa shape index (κ2) is 11.6. The quantitative estimate of drug-likeness (QED) is 0.219. The minimum absolute atomic E-state index is 0.194. The van der Waals surface area contributed by atoms with E-state index in [0.717, 1.165) is 71.3 Å². The van der Waals surface area contributed by atoms with Crippen molar-refractivity contribution in [3.63, 3.8) is 0 Å². The Bertz CT molecular complexity index is 1620. The fraction of sp³-hybridized carbons (Fsp3) is 0.474. The molecule has 0 spiro atoms. The summed E-state index contributed by atoms with van der Waals surface area (Å²) in [5, 5.41) is 13.8. The number of Topliss-reactive ketones (excluding diaryl/α,β-unsaturated/α-hetero) is 1. The average molecular weight is 597 g/mol. The first-order chi connectivity index (χ1) is 20.7. The number of anilines is 1. The lowest BCUT2D eigenvalue weighted by molar-refractivity contribution is -0.439. The van der Waals surface area contributed by atoms with E-state index < -0.39 is 10.8 Å². The molecule has 1 aliphatic carbocycles. The summed E-state index contributed by atoms with van der Waals surface area (Å²) in [5.74, 6) is 2.27. The van der Waals surface area contributed by atoms with E-state index in [9.17, 15) is 9.90 Å². The average Bonchev–Trinajstić information content (AvgIpc) is 3.34. The van der Waals surface area contributed by atoms with Crippen LogP contribution in [0.25, 0.3) is 0 Å². The first-order valence-corrected chi connectivity index (χ1v) is 15.9. The smallest absolute Gasteiger partial charge is 0.213 e. The first-order valence-electron chi connectivity index (χ1n) is 15.9. The number of ketones is 1. The summed E-state index contributed by atoms with van der Waals surface area (Å²) in [4.78, 5) is 16.1. The highest BCUT2D eigenvalue weighted by Crippen LogP contribution is 2.53. The van der Waals surface area contributed by atoms with Crippen LogP contribution in [0.3, 0.4) is 0 Å². The fourth-order valence-corrected chi connectivity index (χ4v) is 7.02. The number of methoxy groups -OCH3 is 2. The van der Waals surface area contributed by atoms with Crippen LogP contribution in [0.2, 0.25) is 0 Å². The van der Waals surface area contributed by atoms with E-state index in [-0.39, 0.29) is 22.7 Å². The SMILES string of the molecule is COc1cccc2c1C(C)(C)C(/C=C1/C(=O)C(/C=C3\N(CCC(C)C)c4cccc(OC)c4C3(C)C)=C1[O-])=[N+]2CCC(C)C. The molecule has 6 heteroatoms. The molecule has 2 aliphatic heterocycles. The number of carbonyl (C=O) groups excluding carboxylic acids is 1. The van der Waals surface area contributed by atoms with Gasteiger partial charge in [-0.15, -0.1) is 0 Å². The summed E-state index contributed by atoms with van der Waals surface area (Å²) in [6.07, 6.45) is 5.66. The summed E-state index contributed by atoms with van der Waals surface area (Å²) < 4.78 is 13.8. The van der Waals surface area contributed by atoms with E-state index in [1.807, 2.05) is 36.4 Å². The maximum Gasteiger partial charge on any atom is 0.213 e. The van der Waals surface area contributed by atoms with E-state index in [2.05, 4.69) is 77.0 Å². The van der Waals surface area contributed by atoms with Crippen LogP contribution in [0.4, 0.5) is 11.4 Å². The number of hydrogen-bond donors (Lipinski definition) is 0. The Labute approximate surface area is 263 Å². The van der Waals surface area contributed by atoms with E-state index in [0.29, 0.717) is 11.8 Å². The molecular weight excluding hydrogens is 548 g/mol. The summed E-state index contributed by atoms with van der Waals surface area (Å²) in [6.45, 7) is 19.0. The van der Waals surface area contributed by atoms with Gasteiger partial charge in [-0.05, 0) is 56.4 Å². The molecule has 3 aliphatic rings. The third-order valence-electron chi connectivity index (χ3n) is 9.54. The zero-order chi connectivity index (χ0) is 32.1. The summed E-state index contributed by atoms with van der Waals surface area (Å²) >= 11 is 0. The lowest BCUT2D eigenvalue weighted by Gasteiger charge is -2.33. The van der Waals surface area contributed by atoms with Crippen molar-refractivity contribution in [3.8, 4) is 11.5 Å². The predicted octanol–water partition coefficient (Wildman–Crippen LogP) is 6.98. The number of fused-ring (bicyclic) bond motifs is 2. The second-order valence-electron chi connectivity index (χ2n) is 14.2. The van der Waals surface area contributed by atoms with Crippen LogP contribution < -0.4 is 19.5 Å². The molecule has 0 saturated carbocycles. The van der Waals surface area contributed by atoms with Gasteiger partial charge in [-0.3, -0.25) is 4.79 Å².